The minimum atomic E-state index is -0.135. The summed E-state index contributed by atoms with van der Waals surface area (Å²) in [7, 11) is 0. The van der Waals surface area contributed by atoms with E-state index in [2.05, 4.69) is 26.0 Å². The van der Waals surface area contributed by atoms with Gasteiger partial charge in [-0.3, -0.25) is 9.69 Å². The summed E-state index contributed by atoms with van der Waals surface area (Å²) in [5.41, 5.74) is 3.26. The molecule has 1 aliphatic heterocycles. The van der Waals surface area contributed by atoms with Crippen LogP contribution in [0.3, 0.4) is 0 Å². The third kappa shape index (κ3) is 4.71. The van der Waals surface area contributed by atoms with Crippen molar-refractivity contribution in [3.63, 3.8) is 0 Å². The normalized spacial score (nSPS) is 16.3. The van der Waals surface area contributed by atoms with Gasteiger partial charge in [0.05, 0.1) is 22.9 Å². The van der Waals surface area contributed by atoms with E-state index in [9.17, 15) is 4.79 Å². The maximum absolute atomic E-state index is 13.1. The molecule has 3 aromatic rings. The molecule has 0 N–H and O–H groups in total. The fourth-order valence-electron chi connectivity index (χ4n) is 3.51. The van der Waals surface area contributed by atoms with Crippen molar-refractivity contribution in [2.24, 2.45) is 0 Å². The summed E-state index contributed by atoms with van der Waals surface area (Å²) in [5, 5.41) is 1.32. The Balaban J connectivity index is 1.57. The molecule has 29 heavy (non-hydrogen) atoms. The van der Waals surface area contributed by atoms with Gasteiger partial charge >= 0.3 is 0 Å². The molecule has 0 spiro atoms. The van der Waals surface area contributed by atoms with Crippen LogP contribution in [0, 0.1) is 13.8 Å². The molecule has 1 atom stereocenters. The monoisotopic (exact) mass is 430 g/mol. The van der Waals surface area contributed by atoms with Gasteiger partial charge in [-0.1, -0.05) is 29.0 Å². The van der Waals surface area contributed by atoms with Crippen LogP contribution < -0.4 is 9.64 Å². The number of halogens is 1. The van der Waals surface area contributed by atoms with Gasteiger partial charge in [0.15, 0.2) is 11.7 Å². The Labute approximate surface area is 179 Å². The van der Waals surface area contributed by atoms with Crippen LogP contribution in [0.2, 0.25) is 5.02 Å². The van der Waals surface area contributed by atoms with Crippen molar-refractivity contribution in [2.45, 2.75) is 32.8 Å². The standard InChI is InChI=1S/C22H23ClN2O3S/c1-14-10-15(2)21-19(11-14)24-22(29-21)25(12-18-4-3-9-27-18)20(26)13-28-17-7-5-16(23)6-8-17/h5-8,10-11,18H,3-4,9,12-13H2,1-2H3. The summed E-state index contributed by atoms with van der Waals surface area (Å²) in [5.74, 6) is 0.472. The highest BCUT2D eigenvalue weighted by Gasteiger charge is 2.26. The maximum Gasteiger partial charge on any atom is 0.266 e. The Hall–Kier alpha value is -2.15. The van der Waals surface area contributed by atoms with Gasteiger partial charge in [0.1, 0.15) is 5.75 Å². The Morgan fingerprint density at radius 2 is 2.10 bits per heavy atom. The number of rotatable bonds is 6. The number of aromatic nitrogens is 1. The minimum absolute atomic E-state index is 0.0318. The summed E-state index contributed by atoms with van der Waals surface area (Å²) in [6.45, 7) is 5.29. The third-order valence-corrected chi connectivity index (χ3v) is 6.41. The molecule has 0 aliphatic carbocycles. The second-order valence-electron chi connectivity index (χ2n) is 7.31. The van der Waals surface area contributed by atoms with Crippen LogP contribution in [0.1, 0.15) is 24.0 Å². The molecule has 2 aromatic carbocycles. The Morgan fingerprint density at radius 3 is 2.83 bits per heavy atom. The van der Waals surface area contributed by atoms with Crippen LogP contribution >= 0.6 is 22.9 Å². The van der Waals surface area contributed by atoms with Crippen molar-refractivity contribution in [2.75, 3.05) is 24.7 Å². The van der Waals surface area contributed by atoms with Gasteiger partial charge in [-0.25, -0.2) is 4.98 Å². The van der Waals surface area contributed by atoms with Crippen LogP contribution in [0.5, 0.6) is 5.75 Å². The molecule has 5 nitrogen and oxygen atoms in total. The number of carbonyl (C=O) groups excluding carboxylic acids is 1. The van der Waals surface area contributed by atoms with Crippen molar-refractivity contribution in [3.8, 4) is 5.75 Å². The number of thiazole rings is 1. The topological polar surface area (TPSA) is 51.7 Å². The van der Waals surface area contributed by atoms with E-state index in [1.165, 1.54) is 5.56 Å². The summed E-state index contributed by atoms with van der Waals surface area (Å²) >= 11 is 7.45. The molecule has 0 saturated carbocycles. The number of ether oxygens (including phenoxy) is 2. The molecular formula is C22H23ClN2O3S. The van der Waals surface area contributed by atoms with Gasteiger partial charge in [0.2, 0.25) is 0 Å². The number of hydrogen-bond acceptors (Lipinski definition) is 5. The second-order valence-corrected chi connectivity index (χ2v) is 8.72. The van der Waals surface area contributed by atoms with Crippen molar-refractivity contribution >= 4 is 44.2 Å². The van der Waals surface area contributed by atoms with Crippen molar-refractivity contribution < 1.29 is 14.3 Å². The van der Waals surface area contributed by atoms with E-state index >= 15 is 0 Å². The highest BCUT2D eigenvalue weighted by molar-refractivity contribution is 7.22. The molecule has 1 saturated heterocycles. The minimum Gasteiger partial charge on any atom is -0.484 e. The number of anilines is 1. The Morgan fingerprint density at radius 1 is 1.31 bits per heavy atom. The second kappa shape index (κ2) is 8.69. The number of nitrogens with zero attached hydrogens (tertiary/aromatic N) is 2. The number of fused-ring (bicyclic) bond motifs is 1. The number of carbonyl (C=O) groups is 1. The lowest BCUT2D eigenvalue weighted by molar-refractivity contribution is -0.120. The van der Waals surface area contributed by atoms with Crippen LogP contribution in [-0.4, -0.2) is 36.8 Å². The zero-order chi connectivity index (χ0) is 20.4. The smallest absolute Gasteiger partial charge is 0.266 e. The average molecular weight is 431 g/mol. The largest absolute Gasteiger partial charge is 0.484 e. The molecule has 1 aromatic heterocycles. The van der Waals surface area contributed by atoms with Crippen LogP contribution in [0.4, 0.5) is 5.13 Å². The summed E-state index contributed by atoms with van der Waals surface area (Å²) in [6, 6.07) is 11.2. The van der Waals surface area contributed by atoms with E-state index in [-0.39, 0.29) is 18.6 Å². The number of hydrogen-bond donors (Lipinski definition) is 0. The predicted molar refractivity (Wildman–Crippen MR) is 117 cm³/mol. The molecule has 7 heteroatoms. The Kier molecular flexibility index (Phi) is 6.04. The van der Waals surface area contributed by atoms with E-state index in [0.717, 1.165) is 35.2 Å². The molecule has 1 fully saturated rings. The Bertz CT molecular complexity index is 1010. The maximum atomic E-state index is 13.1. The zero-order valence-corrected chi connectivity index (χ0v) is 18.1. The van der Waals surface area contributed by atoms with Gasteiger partial charge in [0.25, 0.3) is 5.91 Å². The zero-order valence-electron chi connectivity index (χ0n) is 16.5. The lowest BCUT2D eigenvalue weighted by Gasteiger charge is -2.23. The SMILES string of the molecule is Cc1cc(C)c2sc(N(CC3CCCO3)C(=O)COc3ccc(Cl)cc3)nc2c1. The lowest BCUT2D eigenvalue weighted by atomic mass is 10.1. The summed E-state index contributed by atoms with van der Waals surface area (Å²) < 4.78 is 12.6. The number of amides is 1. The van der Waals surface area contributed by atoms with Crippen LogP contribution in [0.15, 0.2) is 36.4 Å². The fourth-order valence-corrected chi connectivity index (χ4v) is 4.68. The van der Waals surface area contributed by atoms with E-state index in [1.807, 2.05) is 0 Å². The van der Waals surface area contributed by atoms with E-state index in [0.29, 0.717) is 22.4 Å². The first-order valence-corrected chi connectivity index (χ1v) is 10.9. The summed E-state index contributed by atoms with van der Waals surface area (Å²) in [4.78, 5) is 19.6. The molecule has 1 amide bonds. The first-order chi connectivity index (χ1) is 14.0. The van der Waals surface area contributed by atoms with Gasteiger partial charge in [-0.05, 0) is 68.1 Å². The molecule has 0 radical (unpaired) electrons. The number of benzene rings is 2. The average Bonchev–Trinajstić information content (AvgIpc) is 3.35. The number of aryl methyl sites for hydroxylation is 2. The predicted octanol–water partition coefficient (Wildman–Crippen LogP) is 5.16. The van der Waals surface area contributed by atoms with Crippen molar-refractivity contribution in [3.05, 3.63) is 52.5 Å². The quantitative estimate of drug-likeness (QED) is 0.542. The first kappa shape index (κ1) is 20.1. The highest BCUT2D eigenvalue weighted by Crippen LogP contribution is 2.33. The van der Waals surface area contributed by atoms with E-state index in [1.54, 1.807) is 40.5 Å². The molecule has 2 heterocycles. The summed E-state index contributed by atoms with van der Waals surface area (Å²) in [6.07, 6.45) is 2.00. The molecule has 1 unspecified atom stereocenters. The third-order valence-electron chi connectivity index (χ3n) is 4.93. The van der Waals surface area contributed by atoms with E-state index in [4.69, 9.17) is 26.1 Å². The molecule has 1 aliphatic rings. The lowest BCUT2D eigenvalue weighted by Crippen LogP contribution is -2.40. The van der Waals surface area contributed by atoms with Crippen LogP contribution in [0.25, 0.3) is 10.2 Å². The first-order valence-electron chi connectivity index (χ1n) is 9.68. The molecule has 0 bridgehead atoms. The van der Waals surface area contributed by atoms with Gasteiger partial charge in [-0.2, -0.15) is 0 Å². The van der Waals surface area contributed by atoms with Gasteiger partial charge in [-0.15, -0.1) is 0 Å². The van der Waals surface area contributed by atoms with Crippen molar-refractivity contribution in [1.82, 2.24) is 4.98 Å². The highest BCUT2D eigenvalue weighted by atomic mass is 35.5. The van der Waals surface area contributed by atoms with Crippen molar-refractivity contribution in [1.29, 1.82) is 0 Å². The fraction of sp³-hybridized carbons (Fsp3) is 0.364. The molecule has 152 valence electrons. The van der Waals surface area contributed by atoms with Crippen LogP contribution in [-0.2, 0) is 9.53 Å². The van der Waals surface area contributed by atoms with E-state index < -0.39 is 0 Å². The molecular weight excluding hydrogens is 408 g/mol. The van der Waals surface area contributed by atoms with Gasteiger partial charge < -0.3 is 9.47 Å². The molecule has 4 rings (SSSR count). The van der Waals surface area contributed by atoms with Gasteiger partial charge in [0, 0.05) is 11.6 Å².